The summed E-state index contributed by atoms with van der Waals surface area (Å²) in [6.07, 6.45) is 0.734. The molecule has 1 saturated heterocycles. The standard InChI is InChI=1S/C24H27N5O4/c1-16-7-8-22(30)29(27-16)15-23(31)28-11-9-17(14-28)21-13-19(24(32)25-10-12-33-2)18-5-3-4-6-20(18)26-21/h3-8,13,17H,9-12,14-15H2,1-2H3,(H,25,32)/t17-/m0/s1. The Morgan fingerprint density at radius 2 is 2.03 bits per heavy atom. The smallest absolute Gasteiger partial charge is 0.267 e. The number of amides is 2. The molecule has 2 aromatic heterocycles. The maximum Gasteiger partial charge on any atom is 0.267 e. The predicted octanol–water partition coefficient (Wildman–Crippen LogP) is 1.49. The van der Waals surface area contributed by atoms with Gasteiger partial charge in [-0.3, -0.25) is 19.4 Å². The number of nitrogens with zero attached hydrogens (tertiary/aromatic N) is 4. The van der Waals surface area contributed by atoms with Crippen LogP contribution in [-0.4, -0.2) is 64.8 Å². The summed E-state index contributed by atoms with van der Waals surface area (Å²) in [7, 11) is 1.59. The van der Waals surface area contributed by atoms with Crippen LogP contribution in [-0.2, 0) is 16.1 Å². The van der Waals surface area contributed by atoms with Gasteiger partial charge in [-0.15, -0.1) is 0 Å². The zero-order chi connectivity index (χ0) is 23.4. The minimum atomic E-state index is -0.301. The van der Waals surface area contributed by atoms with Crippen molar-refractivity contribution in [1.82, 2.24) is 25.0 Å². The molecule has 4 rings (SSSR count). The molecule has 1 aromatic carbocycles. The average molecular weight is 450 g/mol. The van der Waals surface area contributed by atoms with Gasteiger partial charge in [-0.2, -0.15) is 5.10 Å². The second-order valence-corrected chi connectivity index (χ2v) is 8.16. The van der Waals surface area contributed by atoms with Gasteiger partial charge in [0.15, 0.2) is 0 Å². The van der Waals surface area contributed by atoms with Crippen LogP contribution in [0.5, 0.6) is 0 Å². The highest BCUT2D eigenvalue weighted by Gasteiger charge is 2.29. The molecule has 0 saturated carbocycles. The molecule has 0 bridgehead atoms. The van der Waals surface area contributed by atoms with Crippen molar-refractivity contribution in [3.8, 4) is 0 Å². The van der Waals surface area contributed by atoms with Crippen LogP contribution in [0.1, 0.15) is 34.1 Å². The lowest BCUT2D eigenvalue weighted by Gasteiger charge is -2.17. The van der Waals surface area contributed by atoms with Gasteiger partial charge in [0.2, 0.25) is 5.91 Å². The van der Waals surface area contributed by atoms with E-state index in [2.05, 4.69) is 10.4 Å². The van der Waals surface area contributed by atoms with E-state index in [9.17, 15) is 14.4 Å². The van der Waals surface area contributed by atoms with Crippen LogP contribution < -0.4 is 10.9 Å². The summed E-state index contributed by atoms with van der Waals surface area (Å²) in [4.78, 5) is 44.2. The van der Waals surface area contributed by atoms with Gasteiger partial charge in [-0.1, -0.05) is 18.2 Å². The Kier molecular flexibility index (Phi) is 6.79. The third kappa shape index (κ3) is 5.09. The number of hydrogen-bond acceptors (Lipinski definition) is 6. The van der Waals surface area contributed by atoms with Gasteiger partial charge in [0, 0.05) is 49.8 Å². The number of carbonyl (C=O) groups is 2. The Morgan fingerprint density at radius 3 is 2.85 bits per heavy atom. The summed E-state index contributed by atoms with van der Waals surface area (Å²) in [6, 6.07) is 12.4. The van der Waals surface area contributed by atoms with Gasteiger partial charge in [0.25, 0.3) is 11.5 Å². The number of carbonyl (C=O) groups excluding carboxylic acids is 2. The van der Waals surface area contributed by atoms with E-state index in [1.54, 1.807) is 25.0 Å². The summed E-state index contributed by atoms with van der Waals surface area (Å²) in [6.45, 7) is 3.58. The van der Waals surface area contributed by atoms with Gasteiger partial charge < -0.3 is 15.0 Å². The summed E-state index contributed by atoms with van der Waals surface area (Å²) in [5.74, 6) is -0.329. The van der Waals surface area contributed by atoms with Gasteiger partial charge in [-0.05, 0) is 31.5 Å². The van der Waals surface area contributed by atoms with Crippen LogP contribution in [0.3, 0.4) is 0 Å². The molecule has 9 nitrogen and oxygen atoms in total. The number of methoxy groups -OCH3 is 1. The molecule has 1 N–H and O–H groups in total. The third-order valence-electron chi connectivity index (χ3n) is 5.82. The quantitative estimate of drug-likeness (QED) is 0.548. The Labute approximate surface area is 191 Å². The number of nitrogens with one attached hydrogen (secondary N) is 1. The van der Waals surface area contributed by atoms with Crippen molar-refractivity contribution < 1.29 is 14.3 Å². The Balaban J connectivity index is 1.53. The summed E-state index contributed by atoms with van der Waals surface area (Å²) < 4.78 is 6.22. The number of fused-ring (bicyclic) bond motifs is 1. The van der Waals surface area contributed by atoms with Crippen LogP contribution >= 0.6 is 0 Å². The van der Waals surface area contributed by atoms with Crippen molar-refractivity contribution in [2.75, 3.05) is 33.4 Å². The number of para-hydroxylation sites is 1. The number of likely N-dealkylation sites (tertiary alicyclic amines) is 1. The molecule has 0 radical (unpaired) electrons. The van der Waals surface area contributed by atoms with Crippen LogP contribution in [0.15, 0.2) is 47.3 Å². The first kappa shape index (κ1) is 22.6. The molecule has 1 aliphatic heterocycles. The molecule has 9 heteroatoms. The molecule has 3 heterocycles. The topological polar surface area (TPSA) is 106 Å². The van der Waals surface area contributed by atoms with Gasteiger partial charge in [0.05, 0.1) is 23.4 Å². The largest absolute Gasteiger partial charge is 0.383 e. The molecule has 0 spiro atoms. The van der Waals surface area contributed by atoms with Gasteiger partial charge >= 0.3 is 0 Å². The zero-order valence-corrected chi connectivity index (χ0v) is 18.8. The second kappa shape index (κ2) is 9.91. The van der Waals surface area contributed by atoms with Crippen molar-refractivity contribution in [2.45, 2.75) is 25.8 Å². The number of aryl methyl sites for hydroxylation is 1. The number of ether oxygens (including phenoxy) is 1. The molecular formula is C24H27N5O4. The number of benzene rings is 1. The first-order chi connectivity index (χ1) is 16.0. The fourth-order valence-electron chi connectivity index (χ4n) is 4.08. The highest BCUT2D eigenvalue weighted by atomic mass is 16.5. The molecular weight excluding hydrogens is 422 g/mol. The maximum absolute atomic E-state index is 12.8. The first-order valence-corrected chi connectivity index (χ1v) is 11.0. The number of rotatable bonds is 7. The van der Waals surface area contributed by atoms with Gasteiger partial charge in [-0.25, -0.2) is 4.68 Å². The monoisotopic (exact) mass is 449 g/mol. The van der Waals surface area contributed by atoms with E-state index in [1.807, 2.05) is 30.3 Å². The van der Waals surface area contributed by atoms with E-state index in [4.69, 9.17) is 9.72 Å². The molecule has 1 aliphatic rings. The number of aromatic nitrogens is 3. The first-order valence-electron chi connectivity index (χ1n) is 11.0. The van der Waals surface area contributed by atoms with Crippen LogP contribution in [0.25, 0.3) is 10.9 Å². The fourth-order valence-corrected chi connectivity index (χ4v) is 4.08. The van der Waals surface area contributed by atoms with Crippen molar-refractivity contribution in [3.63, 3.8) is 0 Å². The number of pyridine rings is 1. The van der Waals surface area contributed by atoms with E-state index >= 15 is 0 Å². The van der Waals surface area contributed by atoms with Crippen molar-refractivity contribution in [1.29, 1.82) is 0 Å². The van der Waals surface area contributed by atoms with Crippen LogP contribution in [0.4, 0.5) is 0 Å². The van der Waals surface area contributed by atoms with Gasteiger partial charge in [0.1, 0.15) is 6.54 Å². The highest BCUT2D eigenvalue weighted by molar-refractivity contribution is 6.06. The average Bonchev–Trinajstić information content (AvgIpc) is 3.31. The molecule has 0 unspecified atom stereocenters. The fraction of sp³-hybridized carbons (Fsp3) is 0.375. The van der Waals surface area contributed by atoms with Crippen LogP contribution in [0, 0.1) is 6.92 Å². The second-order valence-electron chi connectivity index (χ2n) is 8.16. The minimum Gasteiger partial charge on any atom is -0.383 e. The van der Waals surface area contributed by atoms with E-state index in [1.165, 1.54) is 10.7 Å². The summed E-state index contributed by atoms with van der Waals surface area (Å²) in [5, 5.41) is 7.81. The Morgan fingerprint density at radius 1 is 1.21 bits per heavy atom. The van der Waals surface area contributed by atoms with E-state index in [0.717, 1.165) is 23.0 Å². The molecule has 172 valence electrons. The number of hydrogen-bond donors (Lipinski definition) is 1. The SMILES string of the molecule is COCCNC(=O)c1cc([C@H]2CCN(C(=O)Cn3nc(C)ccc3=O)C2)nc2ccccc12. The predicted molar refractivity (Wildman–Crippen MR) is 123 cm³/mol. The molecule has 1 atom stereocenters. The molecule has 1 fully saturated rings. The molecule has 2 amide bonds. The Bertz CT molecular complexity index is 1240. The van der Waals surface area contributed by atoms with Crippen LogP contribution in [0.2, 0.25) is 0 Å². The highest BCUT2D eigenvalue weighted by Crippen LogP contribution is 2.29. The summed E-state index contributed by atoms with van der Waals surface area (Å²) >= 11 is 0. The summed E-state index contributed by atoms with van der Waals surface area (Å²) in [5.41, 5.74) is 2.47. The van der Waals surface area contributed by atoms with Crippen molar-refractivity contribution >= 4 is 22.7 Å². The lowest BCUT2D eigenvalue weighted by atomic mass is 9.99. The lowest BCUT2D eigenvalue weighted by Crippen LogP contribution is -2.36. The van der Waals surface area contributed by atoms with E-state index in [0.29, 0.717) is 37.5 Å². The third-order valence-corrected chi connectivity index (χ3v) is 5.82. The van der Waals surface area contributed by atoms with Crippen molar-refractivity contribution in [3.05, 3.63) is 69.8 Å². The van der Waals surface area contributed by atoms with E-state index < -0.39 is 0 Å². The molecule has 33 heavy (non-hydrogen) atoms. The zero-order valence-electron chi connectivity index (χ0n) is 18.8. The maximum atomic E-state index is 12.8. The normalized spacial score (nSPS) is 15.7. The lowest BCUT2D eigenvalue weighted by molar-refractivity contribution is -0.131. The molecule has 3 aromatic rings. The Hall–Kier alpha value is -3.59. The minimum absolute atomic E-state index is 0.00581. The molecule has 0 aliphatic carbocycles. The van der Waals surface area contributed by atoms with E-state index in [-0.39, 0.29) is 29.8 Å². The van der Waals surface area contributed by atoms with Crippen molar-refractivity contribution in [2.24, 2.45) is 0 Å².